The van der Waals surface area contributed by atoms with Gasteiger partial charge in [-0.05, 0) is 54.4 Å². The first-order chi connectivity index (χ1) is 17.1. The van der Waals surface area contributed by atoms with Crippen LogP contribution in [0.5, 0.6) is 0 Å². The highest BCUT2D eigenvalue weighted by Crippen LogP contribution is 2.28. The van der Waals surface area contributed by atoms with E-state index in [9.17, 15) is 30.0 Å². The standard InChI is InChI=1S/2C12H24N2O3.H2O4S/c2*1-6-7-12(17,11(4,5)13)10(16)14-9(15)8(2)3;1-5(2,3)4/h2*10,16-17H,2,6-7,13H2,1,3-5H3,(H,14,15);(H2,1,2,3,4). The molecule has 0 bridgehead atoms. The molecule has 4 unspecified atom stereocenters. The maximum atomic E-state index is 11.4. The number of carbonyl (C=O) groups excluding carboxylic acids is 2. The number of carbonyl (C=O) groups is 2. The Hall–Kier alpha value is -1.95. The van der Waals surface area contributed by atoms with Crippen molar-refractivity contribution in [2.45, 2.75) is 116 Å². The van der Waals surface area contributed by atoms with E-state index in [2.05, 4.69) is 23.8 Å². The number of hydrogen-bond donors (Lipinski definition) is 10. The van der Waals surface area contributed by atoms with Crippen molar-refractivity contribution in [1.29, 1.82) is 0 Å². The van der Waals surface area contributed by atoms with Crippen molar-refractivity contribution in [2.75, 3.05) is 0 Å². The molecule has 12 N–H and O–H groups in total. The Morgan fingerprint density at radius 1 is 0.769 bits per heavy atom. The summed E-state index contributed by atoms with van der Waals surface area (Å²) in [6.45, 7) is 20.1. The zero-order chi connectivity index (χ0) is 32.2. The predicted molar refractivity (Wildman–Crippen MR) is 148 cm³/mol. The summed E-state index contributed by atoms with van der Waals surface area (Å²) in [5, 5.41) is 45.4. The van der Waals surface area contributed by atoms with Crippen LogP contribution in [0.3, 0.4) is 0 Å². The predicted octanol–water partition coefficient (Wildman–Crippen LogP) is -0.122. The van der Waals surface area contributed by atoms with Crippen LogP contribution in [-0.2, 0) is 20.0 Å². The van der Waals surface area contributed by atoms with Crippen LogP contribution in [0, 0.1) is 0 Å². The van der Waals surface area contributed by atoms with Gasteiger partial charge >= 0.3 is 10.4 Å². The SMILES string of the molecule is C=C(C)C(=O)NC(O)C(O)(CCC)C(C)(C)N.C=C(C)C(=O)NC(O)C(O)(CCC)C(C)(C)N.O=S(=O)(O)O. The molecule has 232 valence electrons. The van der Waals surface area contributed by atoms with Gasteiger partial charge in [0.05, 0.1) is 0 Å². The van der Waals surface area contributed by atoms with E-state index in [-0.39, 0.29) is 24.0 Å². The second kappa shape index (κ2) is 16.3. The minimum Gasteiger partial charge on any atom is -0.383 e. The third-order valence-corrected chi connectivity index (χ3v) is 5.71. The van der Waals surface area contributed by atoms with Crippen LogP contribution in [0.25, 0.3) is 0 Å². The molecule has 0 saturated carbocycles. The van der Waals surface area contributed by atoms with Gasteiger partial charge in [-0.1, -0.05) is 39.8 Å². The Kier molecular flexibility index (Phi) is 17.4. The Bertz CT molecular complexity index is 860. The lowest BCUT2D eigenvalue weighted by Crippen LogP contribution is -2.67. The van der Waals surface area contributed by atoms with Crippen LogP contribution in [0.2, 0.25) is 0 Å². The van der Waals surface area contributed by atoms with Crippen LogP contribution in [-0.4, -0.2) is 84.5 Å². The number of aliphatic hydroxyl groups excluding tert-OH is 2. The third kappa shape index (κ3) is 15.4. The zero-order valence-corrected chi connectivity index (χ0v) is 25.1. The normalized spacial score (nSPS) is 16.4. The molecule has 2 amide bonds. The van der Waals surface area contributed by atoms with Crippen LogP contribution < -0.4 is 22.1 Å². The monoisotopic (exact) mass is 586 g/mol. The number of aliphatic hydroxyl groups is 4. The molecule has 4 atom stereocenters. The highest BCUT2D eigenvalue weighted by atomic mass is 32.3. The first-order valence-electron chi connectivity index (χ1n) is 12.1. The summed E-state index contributed by atoms with van der Waals surface area (Å²) in [6, 6.07) is 0. The molecule has 0 fully saturated rings. The van der Waals surface area contributed by atoms with Crippen molar-refractivity contribution in [3.8, 4) is 0 Å². The van der Waals surface area contributed by atoms with Crippen molar-refractivity contribution in [2.24, 2.45) is 11.5 Å². The molecule has 0 aromatic heterocycles. The average molecular weight is 587 g/mol. The topological polar surface area (TPSA) is 266 Å². The van der Waals surface area contributed by atoms with E-state index in [0.29, 0.717) is 12.8 Å². The number of hydrogen-bond acceptors (Lipinski definition) is 10. The fourth-order valence-corrected chi connectivity index (χ4v) is 3.12. The molecule has 0 heterocycles. The molecule has 0 aliphatic carbocycles. The van der Waals surface area contributed by atoms with E-state index < -0.39 is 56.9 Å². The second-order valence-corrected chi connectivity index (χ2v) is 11.4. The van der Waals surface area contributed by atoms with E-state index in [4.69, 9.17) is 29.0 Å². The fourth-order valence-electron chi connectivity index (χ4n) is 3.12. The molecule has 0 saturated heterocycles. The summed E-state index contributed by atoms with van der Waals surface area (Å²) in [6.07, 6.45) is -1.01. The van der Waals surface area contributed by atoms with Gasteiger partial charge in [0, 0.05) is 22.2 Å². The highest BCUT2D eigenvalue weighted by molar-refractivity contribution is 7.79. The van der Waals surface area contributed by atoms with E-state index in [1.54, 1.807) is 27.7 Å². The number of rotatable bonds is 12. The number of nitrogens with one attached hydrogen (secondary N) is 2. The lowest BCUT2D eigenvalue weighted by molar-refractivity contribution is -0.147. The number of nitrogens with two attached hydrogens (primary N) is 2. The van der Waals surface area contributed by atoms with Crippen molar-refractivity contribution in [1.82, 2.24) is 10.6 Å². The van der Waals surface area contributed by atoms with Crippen LogP contribution >= 0.6 is 0 Å². The molecule has 0 radical (unpaired) electrons. The lowest BCUT2D eigenvalue weighted by Gasteiger charge is -2.43. The van der Waals surface area contributed by atoms with Gasteiger partial charge in [0.15, 0.2) is 12.5 Å². The molecule has 15 heteroatoms. The summed E-state index contributed by atoms with van der Waals surface area (Å²) < 4.78 is 31.6. The van der Waals surface area contributed by atoms with Gasteiger partial charge in [0.1, 0.15) is 11.2 Å². The second-order valence-electron chi connectivity index (χ2n) is 10.6. The van der Waals surface area contributed by atoms with Gasteiger partial charge in [0.25, 0.3) is 0 Å². The molecular weight excluding hydrogens is 536 g/mol. The molecule has 0 aliphatic heterocycles. The van der Waals surface area contributed by atoms with Crippen molar-refractivity contribution in [3.63, 3.8) is 0 Å². The lowest BCUT2D eigenvalue weighted by atomic mass is 9.78. The van der Waals surface area contributed by atoms with Crippen molar-refractivity contribution >= 4 is 22.2 Å². The first-order valence-corrected chi connectivity index (χ1v) is 13.5. The van der Waals surface area contributed by atoms with Crippen LogP contribution in [0.4, 0.5) is 0 Å². The first kappa shape index (κ1) is 41.5. The van der Waals surface area contributed by atoms with Crippen molar-refractivity contribution < 1.29 is 47.5 Å². The molecule has 0 aliphatic rings. The Labute approximate surface area is 232 Å². The smallest absolute Gasteiger partial charge is 0.383 e. The van der Waals surface area contributed by atoms with Gasteiger partial charge < -0.3 is 42.5 Å². The van der Waals surface area contributed by atoms with Gasteiger partial charge in [-0.25, -0.2) is 0 Å². The fraction of sp³-hybridized carbons (Fsp3) is 0.750. The highest BCUT2D eigenvalue weighted by Gasteiger charge is 2.47. The van der Waals surface area contributed by atoms with Gasteiger partial charge in [-0.3, -0.25) is 18.7 Å². The van der Waals surface area contributed by atoms with E-state index >= 15 is 0 Å². The van der Waals surface area contributed by atoms with Gasteiger partial charge in [-0.15, -0.1) is 0 Å². The molecule has 0 aromatic rings. The minimum absolute atomic E-state index is 0.262. The summed E-state index contributed by atoms with van der Waals surface area (Å²) in [5.41, 5.74) is 7.03. The summed E-state index contributed by atoms with van der Waals surface area (Å²) in [4.78, 5) is 22.8. The van der Waals surface area contributed by atoms with Crippen LogP contribution in [0.15, 0.2) is 24.3 Å². The third-order valence-electron chi connectivity index (χ3n) is 5.71. The average Bonchev–Trinajstić information content (AvgIpc) is 2.71. The molecule has 0 rings (SSSR count). The molecule has 14 nitrogen and oxygen atoms in total. The quantitative estimate of drug-likeness (QED) is 0.0814. The zero-order valence-electron chi connectivity index (χ0n) is 24.3. The Morgan fingerprint density at radius 2 is 0.974 bits per heavy atom. The maximum Gasteiger partial charge on any atom is 0.394 e. The van der Waals surface area contributed by atoms with E-state index in [1.165, 1.54) is 13.8 Å². The Morgan fingerprint density at radius 3 is 1.10 bits per heavy atom. The molecule has 0 spiro atoms. The van der Waals surface area contributed by atoms with Gasteiger partial charge in [-0.2, -0.15) is 8.42 Å². The summed E-state index contributed by atoms with van der Waals surface area (Å²) in [7, 11) is -4.67. The molecule has 39 heavy (non-hydrogen) atoms. The molecule has 0 aromatic carbocycles. The maximum absolute atomic E-state index is 11.4. The summed E-state index contributed by atoms with van der Waals surface area (Å²) >= 11 is 0. The van der Waals surface area contributed by atoms with Crippen LogP contribution in [0.1, 0.15) is 81.1 Å². The number of amides is 2. The van der Waals surface area contributed by atoms with E-state index in [0.717, 1.165) is 0 Å². The summed E-state index contributed by atoms with van der Waals surface area (Å²) in [5.74, 6) is -1.01. The van der Waals surface area contributed by atoms with Crippen molar-refractivity contribution in [3.05, 3.63) is 24.3 Å². The largest absolute Gasteiger partial charge is 0.394 e. The van der Waals surface area contributed by atoms with E-state index in [1.807, 2.05) is 13.8 Å². The minimum atomic E-state index is -4.67. The molecular formula is C24H50N4O10S. The Balaban J connectivity index is -0.000000566. The van der Waals surface area contributed by atoms with Gasteiger partial charge in [0.2, 0.25) is 11.8 Å².